The number of nitro benzene ring substituents is 1. The fourth-order valence-corrected chi connectivity index (χ4v) is 3.97. The number of hydrogen-bond acceptors (Lipinski definition) is 6. The van der Waals surface area contributed by atoms with Gasteiger partial charge in [-0.2, -0.15) is 5.26 Å². The van der Waals surface area contributed by atoms with E-state index in [1.165, 1.54) is 12.1 Å². The molecule has 0 N–H and O–H groups in total. The molecule has 176 valence electrons. The predicted octanol–water partition coefficient (Wildman–Crippen LogP) is 5.07. The monoisotopic (exact) mass is 469 g/mol. The zero-order chi connectivity index (χ0) is 24.8. The maximum atomic E-state index is 13.1. The van der Waals surface area contributed by atoms with Crippen molar-refractivity contribution in [3.8, 4) is 17.6 Å². The zero-order valence-corrected chi connectivity index (χ0v) is 19.1. The van der Waals surface area contributed by atoms with Crippen LogP contribution in [-0.2, 0) is 17.8 Å². The van der Waals surface area contributed by atoms with Gasteiger partial charge in [0.1, 0.15) is 18.2 Å². The van der Waals surface area contributed by atoms with E-state index in [2.05, 4.69) is 0 Å². The summed E-state index contributed by atoms with van der Waals surface area (Å²) in [5, 5.41) is 21.0. The van der Waals surface area contributed by atoms with Crippen molar-refractivity contribution in [2.45, 2.75) is 20.0 Å². The highest BCUT2D eigenvalue weighted by molar-refractivity contribution is 6.12. The lowest BCUT2D eigenvalue weighted by atomic mass is 10.1. The van der Waals surface area contributed by atoms with Crippen LogP contribution in [0.2, 0.25) is 0 Å². The van der Waals surface area contributed by atoms with E-state index in [4.69, 9.17) is 9.47 Å². The molecule has 1 aliphatic rings. The van der Waals surface area contributed by atoms with Crippen LogP contribution in [0.15, 0.2) is 72.3 Å². The third-order valence-corrected chi connectivity index (χ3v) is 5.63. The minimum absolute atomic E-state index is 0.0112. The van der Waals surface area contributed by atoms with Gasteiger partial charge in [0.15, 0.2) is 11.5 Å². The molecule has 3 aromatic carbocycles. The van der Waals surface area contributed by atoms with E-state index < -0.39 is 4.92 Å². The van der Waals surface area contributed by atoms with Gasteiger partial charge in [0.25, 0.3) is 11.6 Å². The van der Waals surface area contributed by atoms with Gasteiger partial charge in [-0.15, -0.1) is 0 Å². The molecule has 0 radical (unpaired) electrons. The number of nitro groups is 1. The molecular weight excluding hydrogens is 446 g/mol. The van der Waals surface area contributed by atoms with Crippen LogP contribution in [0.4, 0.5) is 11.4 Å². The Morgan fingerprint density at radius 2 is 1.89 bits per heavy atom. The SMILES string of the molecule is CCOc1cc(C=C(C#N)C(=O)N2CCc3ccccc32)ccc1OCc1ccccc1[N+](=O)[O-]. The molecule has 0 aromatic heterocycles. The van der Waals surface area contributed by atoms with Gasteiger partial charge < -0.3 is 14.4 Å². The van der Waals surface area contributed by atoms with Gasteiger partial charge in [-0.05, 0) is 54.8 Å². The van der Waals surface area contributed by atoms with Gasteiger partial charge >= 0.3 is 0 Å². The Labute approximate surface area is 202 Å². The first kappa shape index (κ1) is 23.5. The number of rotatable bonds is 8. The van der Waals surface area contributed by atoms with Gasteiger partial charge in [-0.25, -0.2) is 0 Å². The molecular formula is C27H23N3O5. The quantitative estimate of drug-likeness (QED) is 0.197. The Bertz CT molecular complexity index is 1340. The number of amides is 1. The summed E-state index contributed by atoms with van der Waals surface area (Å²) in [7, 11) is 0. The normalized spacial score (nSPS) is 12.6. The number of benzene rings is 3. The Hall–Kier alpha value is -4.64. The van der Waals surface area contributed by atoms with Crippen molar-refractivity contribution in [1.82, 2.24) is 0 Å². The highest BCUT2D eigenvalue weighted by Gasteiger charge is 2.26. The van der Waals surface area contributed by atoms with Crippen molar-refractivity contribution in [2.75, 3.05) is 18.1 Å². The molecule has 1 heterocycles. The van der Waals surface area contributed by atoms with Crippen LogP contribution in [0, 0.1) is 21.4 Å². The number of fused-ring (bicyclic) bond motifs is 1. The van der Waals surface area contributed by atoms with Gasteiger partial charge in [0.05, 0.1) is 17.1 Å². The number of para-hydroxylation sites is 2. The van der Waals surface area contributed by atoms with Gasteiger partial charge in [0.2, 0.25) is 0 Å². The molecule has 4 rings (SSSR count). The number of carbonyl (C=O) groups excluding carboxylic acids is 1. The average Bonchev–Trinajstić information content (AvgIpc) is 3.31. The number of nitrogens with zero attached hydrogens (tertiary/aromatic N) is 3. The third kappa shape index (κ3) is 5.14. The molecule has 0 saturated heterocycles. The van der Waals surface area contributed by atoms with Gasteiger partial charge in [-0.3, -0.25) is 14.9 Å². The Balaban J connectivity index is 1.57. The number of nitriles is 1. The summed E-state index contributed by atoms with van der Waals surface area (Å²) in [4.78, 5) is 25.5. The second kappa shape index (κ2) is 10.5. The van der Waals surface area contributed by atoms with E-state index in [-0.39, 0.29) is 23.8 Å². The summed E-state index contributed by atoms with van der Waals surface area (Å²) >= 11 is 0. The largest absolute Gasteiger partial charge is 0.490 e. The molecule has 35 heavy (non-hydrogen) atoms. The van der Waals surface area contributed by atoms with E-state index in [0.29, 0.717) is 35.8 Å². The summed E-state index contributed by atoms with van der Waals surface area (Å²) < 4.78 is 11.5. The van der Waals surface area contributed by atoms with Gasteiger partial charge in [-0.1, -0.05) is 36.4 Å². The summed E-state index contributed by atoms with van der Waals surface area (Å²) in [6.45, 7) is 2.70. The summed E-state index contributed by atoms with van der Waals surface area (Å²) in [5.41, 5.74) is 2.93. The van der Waals surface area contributed by atoms with Crippen LogP contribution in [0.3, 0.4) is 0 Å². The van der Waals surface area contributed by atoms with Crippen LogP contribution in [0.25, 0.3) is 6.08 Å². The molecule has 1 aliphatic heterocycles. The fraction of sp³-hybridized carbons (Fsp3) is 0.185. The smallest absolute Gasteiger partial charge is 0.276 e. The van der Waals surface area contributed by atoms with Crippen LogP contribution in [0.5, 0.6) is 11.5 Å². The van der Waals surface area contributed by atoms with E-state index in [0.717, 1.165) is 17.7 Å². The fourth-order valence-electron chi connectivity index (χ4n) is 3.97. The molecule has 3 aromatic rings. The van der Waals surface area contributed by atoms with Crippen molar-refractivity contribution in [1.29, 1.82) is 5.26 Å². The number of hydrogen-bond donors (Lipinski definition) is 0. The van der Waals surface area contributed by atoms with E-state index >= 15 is 0 Å². The predicted molar refractivity (Wildman–Crippen MR) is 131 cm³/mol. The lowest BCUT2D eigenvalue weighted by molar-refractivity contribution is -0.385. The molecule has 0 spiro atoms. The first-order chi connectivity index (χ1) is 17.0. The Morgan fingerprint density at radius 1 is 1.11 bits per heavy atom. The Morgan fingerprint density at radius 3 is 2.66 bits per heavy atom. The van der Waals surface area contributed by atoms with Crippen molar-refractivity contribution in [3.05, 3.63) is 99.1 Å². The van der Waals surface area contributed by atoms with Crippen LogP contribution < -0.4 is 14.4 Å². The maximum Gasteiger partial charge on any atom is 0.276 e. The van der Waals surface area contributed by atoms with Gasteiger partial charge in [0, 0.05) is 18.3 Å². The van der Waals surface area contributed by atoms with Crippen LogP contribution in [-0.4, -0.2) is 24.0 Å². The summed E-state index contributed by atoms with van der Waals surface area (Å²) in [6, 6.07) is 21.1. The third-order valence-electron chi connectivity index (χ3n) is 5.63. The standard InChI is InChI=1S/C27H23N3O5/c1-2-34-26-16-19(11-12-25(26)35-18-21-8-4-6-10-24(21)30(32)33)15-22(17-28)27(31)29-14-13-20-7-3-5-9-23(20)29/h3-12,15-16H,2,13-14,18H2,1H3. The molecule has 0 fully saturated rings. The highest BCUT2D eigenvalue weighted by Crippen LogP contribution is 2.32. The van der Waals surface area contributed by atoms with Crippen molar-refractivity contribution >= 4 is 23.4 Å². The van der Waals surface area contributed by atoms with Crippen molar-refractivity contribution in [3.63, 3.8) is 0 Å². The number of anilines is 1. The first-order valence-corrected chi connectivity index (χ1v) is 11.1. The van der Waals surface area contributed by atoms with Crippen LogP contribution >= 0.6 is 0 Å². The molecule has 0 saturated carbocycles. The van der Waals surface area contributed by atoms with Crippen molar-refractivity contribution < 1.29 is 19.2 Å². The van der Waals surface area contributed by atoms with E-state index in [1.54, 1.807) is 41.3 Å². The Kier molecular flexibility index (Phi) is 7.07. The topological polar surface area (TPSA) is 106 Å². The molecule has 8 nitrogen and oxygen atoms in total. The molecule has 0 atom stereocenters. The lowest BCUT2D eigenvalue weighted by Crippen LogP contribution is -2.29. The van der Waals surface area contributed by atoms with E-state index in [9.17, 15) is 20.2 Å². The number of ether oxygens (including phenoxy) is 2. The number of carbonyl (C=O) groups is 1. The average molecular weight is 469 g/mol. The minimum atomic E-state index is -0.449. The van der Waals surface area contributed by atoms with E-state index in [1.807, 2.05) is 37.3 Å². The molecule has 1 amide bonds. The summed E-state index contributed by atoms with van der Waals surface area (Å²) in [6.07, 6.45) is 2.28. The maximum absolute atomic E-state index is 13.1. The highest BCUT2D eigenvalue weighted by atomic mass is 16.6. The van der Waals surface area contributed by atoms with Crippen LogP contribution in [0.1, 0.15) is 23.6 Å². The molecule has 8 heteroatoms. The minimum Gasteiger partial charge on any atom is -0.490 e. The molecule has 0 unspecified atom stereocenters. The second-order valence-corrected chi connectivity index (χ2v) is 7.82. The summed E-state index contributed by atoms with van der Waals surface area (Å²) in [5.74, 6) is 0.462. The molecule has 0 aliphatic carbocycles. The molecule has 0 bridgehead atoms. The van der Waals surface area contributed by atoms with Crippen molar-refractivity contribution in [2.24, 2.45) is 0 Å². The lowest BCUT2D eigenvalue weighted by Gasteiger charge is -2.17. The first-order valence-electron chi connectivity index (χ1n) is 11.1. The second-order valence-electron chi connectivity index (χ2n) is 7.82. The zero-order valence-electron chi connectivity index (χ0n) is 19.1.